The van der Waals surface area contributed by atoms with E-state index in [4.69, 9.17) is 0 Å². The number of Topliss-reactive ketones (excluding diaryl/α,β-unsaturated/α-hetero) is 1. The monoisotopic (exact) mass is 279 g/mol. The van der Waals surface area contributed by atoms with Crippen LogP contribution in [-0.2, 0) is 6.42 Å². The summed E-state index contributed by atoms with van der Waals surface area (Å²) < 4.78 is 0. The van der Waals surface area contributed by atoms with Crippen molar-refractivity contribution in [3.63, 3.8) is 0 Å². The minimum absolute atomic E-state index is 0.183. The Kier molecular flexibility index (Phi) is 4.46. The maximum Gasteiger partial charge on any atom is 0.167 e. The molecule has 0 amide bonds. The molecule has 0 aromatic heterocycles. The van der Waals surface area contributed by atoms with Gasteiger partial charge in [0, 0.05) is 18.5 Å². The zero-order valence-electron chi connectivity index (χ0n) is 12.2. The van der Waals surface area contributed by atoms with Crippen LogP contribution in [0.15, 0.2) is 54.6 Å². The van der Waals surface area contributed by atoms with Gasteiger partial charge in [0.05, 0.1) is 0 Å². The Labute approximate surface area is 126 Å². The van der Waals surface area contributed by atoms with Crippen molar-refractivity contribution in [1.82, 2.24) is 5.32 Å². The van der Waals surface area contributed by atoms with Crippen molar-refractivity contribution < 1.29 is 4.79 Å². The third-order valence-corrected chi connectivity index (χ3v) is 4.21. The van der Waals surface area contributed by atoms with Gasteiger partial charge in [-0.1, -0.05) is 54.6 Å². The molecule has 0 aliphatic carbocycles. The van der Waals surface area contributed by atoms with Gasteiger partial charge in [-0.15, -0.1) is 0 Å². The van der Waals surface area contributed by atoms with E-state index in [9.17, 15) is 4.79 Å². The predicted octanol–water partition coefficient (Wildman–Crippen LogP) is 3.58. The normalized spacial score (nSPS) is 18.4. The lowest BCUT2D eigenvalue weighted by molar-refractivity contribution is 0.0993. The molecule has 1 heterocycles. The topological polar surface area (TPSA) is 29.1 Å². The Morgan fingerprint density at radius 1 is 1.05 bits per heavy atom. The van der Waals surface area contributed by atoms with E-state index >= 15 is 0 Å². The van der Waals surface area contributed by atoms with Crippen molar-refractivity contribution >= 4 is 5.78 Å². The molecule has 3 rings (SSSR count). The number of piperidine rings is 1. The quantitative estimate of drug-likeness (QED) is 0.867. The van der Waals surface area contributed by atoms with Gasteiger partial charge in [0.25, 0.3) is 0 Å². The van der Waals surface area contributed by atoms with Gasteiger partial charge in [0.15, 0.2) is 5.78 Å². The standard InChI is InChI=1S/C19H21NO/c21-19(17-5-2-1-3-6-17)13-15-8-10-16(11-9-15)18-7-4-12-20-14-18/h1-3,5-6,8-11,18,20H,4,7,12-14H2. The number of hydrogen-bond acceptors (Lipinski definition) is 2. The Morgan fingerprint density at radius 2 is 1.81 bits per heavy atom. The Balaban J connectivity index is 1.65. The SMILES string of the molecule is O=C(Cc1ccc(C2CCCNC2)cc1)c1ccccc1. The summed E-state index contributed by atoms with van der Waals surface area (Å²) in [5, 5.41) is 3.45. The van der Waals surface area contributed by atoms with Crippen LogP contribution in [0.1, 0.15) is 40.2 Å². The largest absolute Gasteiger partial charge is 0.316 e. The van der Waals surface area contributed by atoms with Gasteiger partial charge in [-0.2, -0.15) is 0 Å². The second-order valence-corrected chi connectivity index (χ2v) is 5.75. The van der Waals surface area contributed by atoms with E-state index in [1.54, 1.807) is 0 Å². The smallest absolute Gasteiger partial charge is 0.167 e. The number of nitrogens with one attached hydrogen (secondary N) is 1. The van der Waals surface area contributed by atoms with Gasteiger partial charge < -0.3 is 5.32 Å². The van der Waals surface area contributed by atoms with Crippen LogP contribution in [0.25, 0.3) is 0 Å². The number of carbonyl (C=O) groups is 1. The molecular formula is C19H21NO. The van der Waals surface area contributed by atoms with E-state index in [1.165, 1.54) is 18.4 Å². The maximum atomic E-state index is 12.2. The molecule has 0 radical (unpaired) electrons. The van der Waals surface area contributed by atoms with Gasteiger partial charge in [-0.3, -0.25) is 4.79 Å². The third-order valence-electron chi connectivity index (χ3n) is 4.21. The van der Waals surface area contributed by atoms with Crippen molar-refractivity contribution in [2.45, 2.75) is 25.2 Å². The zero-order valence-corrected chi connectivity index (χ0v) is 12.2. The fourth-order valence-electron chi connectivity index (χ4n) is 2.96. The number of benzene rings is 2. The minimum atomic E-state index is 0.183. The number of carbonyl (C=O) groups excluding carboxylic acids is 1. The summed E-state index contributed by atoms with van der Waals surface area (Å²) in [6, 6.07) is 18.1. The molecule has 1 aliphatic heterocycles. The average Bonchev–Trinajstić information content (AvgIpc) is 2.57. The van der Waals surface area contributed by atoms with Crippen LogP contribution in [0.5, 0.6) is 0 Å². The fraction of sp³-hybridized carbons (Fsp3) is 0.316. The summed E-state index contributed by atoms with van der Waals surface area (Å²) in [5.74, 6) is 0.806. The zero-order chi connectivity index (χ0) is 14.5. The summed E-state index contributed by atoms with van der Waals surface area (Å²) >= 11 is 0. The van der Waals surface area contributed by atoms with E-state index in [1.807, 2.05) is 30.3 Å². The van der Waals surface area contributed by atoms with Gasteiger partial charge in [0.1, 0.15) is 0 Å². The van der Waals surface area contributed by atoms with E-state index in [-0.39, 0.29) is 5.78 Å². The summed E-state index contributed by atoms with van der Waals surface area (Å²) in [6.07, 6.45) is 2.99. The average molecular weight is 279 g/mol. The van der Waals surface area contributed by atoms with Crippen LogP contribution in [0.3, 0.4) is 0 Å². The second-order valence-electron chi connectivity index (χ2n) is 5.75. The van der Waals surface area contributed by atoms with Gasteiger partial charge in [-0.05, 0) is 36.4 Å². The van der Waals surface area contributed by atoms with Gasteiger partial charge in [-0.25, -0.2) is 0 Å². The van der Waals surface area contributed by atoms with Gasteiger partial charge >= 0.3 is 0 Å². The van der Waals surface area contributed by atoms with E-state index in [0.29, 0.717) is 12.3 Å². The lowest BCUT2D eigenvalue weighted by Gasteiger charge is -2.23. The molecule has 2 nitrogen and oxygen atoms in total. The highest BCUT2D eigenvalue weighted by Crippen LogP contribution is 2.23. The molecule has 0 saturated carbocycles. The highest BCUT2D eigenvalue weighted by atomic mass is 16.1. The Hall–Kier alpha value is -1.93. The predicted molar refractivity (Wildman–Crippen MR) is 85.8 cm³/mol. The van der Waals surface area contributed by atoms with Crippen molar-refractivity contribution in [2.75, 3.05) is 13.1 Å². The van der Waals surface area contributed by atoms with Crippen LogP contribution in [0.4, 0.5) is 0 Å². The van der Waals surface area contributed by atoms with Crippen LogP contribution in [0.2, 0.25) is 0 Å². The highest BCUT2D eigenvalue weighted by molar-refractivity contribution is 5.97. The summed E-state index contributed by atoms with van der Waals surface area (Å²) in [6.45, 7) is 2.21. The Bertz CT molecular complexity index is 583. The molecular weight excluding hydrogens is 258 g/mol. The van der Waals surface area contributed by atoms with Crippen molar-refractivity contribution in [2.24, 2.45) is 0 Å². The van der Waals surface area contributed by atoms with Crippen LogP contribution < -0.4 is 5.32 Å². The fourth-order valence-corrected chi connectivity index (χ4v) is 2.96. The van der Waals surface area contributed by atoms with Gasteiger partial charge in [0.2, 0.25) is 0 Å². The molecule has 1 fully saturated rings. The molecule has 0 bridgehead atoms. The molecule has 1 unspecified atom stereocenters. The number of hydrogen-bond donors (Lipinski definition) is 1. The molecule has 1 N–H and O–H groups in total. The molecule has 2 heteroatoms. The highest BCUT2D eigenvalue weighted by Gasteiger charge is 2.15. The summed E-state index contributed by atoms with van der Waals surface area (Å²) in [5.41, 5.74) is 3.27. The minimum Gasteiger partial charge on any atom is -0.316 e. The lowest BCUT2D eigenvalue weighted by atomic mass is 9.90. The van der Waals surface area contributed by atoms with Crippen molar-refractivity contribution in [1.29, 1.82) is 0 Å². The first kappa shape index (κ1) is 14.0. The van der Waals surface area contributed by atoms with Crippen LogP contribution in [-0.4, -0.2) is 18.9 Å². The molecule has 2 aromatic carbocycles. The first-order chi connectivity index (χ1) is 10.3. The first-order valence-electron chi connectivity index (χ1n) is 7.71. The summed E-state index contributed by atoms with van der Waals surface area (Å²) in [7, 11) is 0. The molecule has 1 aliphatic rings. The van der Waals surface area contributed by atoms with E-state index in [0.717, 1.165) is 24.2 Å². The number of rotatable bonds is 4. The summed E-state index contributed by atoms with van der Waals surface area (Å²) in [4.78, 5) is 12.2. The second kappa shape index (κ2) is 6.68. The third kappa shape index (κ3) is 3.59. The van der Waals surface area contributed by atoms with Crippen molar-refractivity contribution in [3.8, 4) is 0 Å². The van der Waals surface area contributed by atoms with E-state index < -0.39 is 0 Å². The lowest BCUT2D eigenvalue weighted by Crippen LogP contribution is -2.28. The number of ketones is 1. The molecule has 1 atom stereocenters. The van der Waals surface area contributed by atoms with Crippen molar-refractivity contribution in [3.05, 3.63) is 71.3 Å². The Morgan fingerprint density at radius 3 is 2.48 bits per heavy atom. The van der Waals surface area contributed by atoms with E-state index in [2.05, 4.69) is 29.6 Å². The first-order valence-corrected chi connectivity index (χ1v) is 7.71. The van der Waals surface area contributed by atoms with Crippen LogP contribution >= 0.6 is 0 Å². The molecule has 2 aromatic rings. The molecule has 21 heavy (non-hydrogen) atoms. The molecule has 108 valence electrons. The maximum absolute atomic E-state index is 12.2. The molecule has 1 saturated heterocycles. The molecule has 0 spiro atoms. The van der Waals surface area contributed by atoms with Crippen LogP contribution in [0, 0.1) is 0 Å².